The Morgan fingerprint density at radius 3 is 2.83 bits per heavy atom. The van der Waals surface area contributed by atoms with E-state index in [0.717, 1.165) is 5.70 Å². The number of thiophene rings is 1. The fraction of sp³-hybridized carbons (Fsp3) is 0.300. The summed E-state index contributed by atoms with van der Waals surface area (Å²) in [6.07, 6.45) is 2.22. The Labute approximate surface area is 76.5 Å². The molecule has 2 rings (SSSR count). The van der Waals surface area contributed by atoms with Crippen LogP contribution in [-0.2, 0) is 0 Å². The minimum Gasteiger partial charge on any atom is -0.256 e. The molecule has 0 fully saturated rings. The lowest BCUT2D eigenvalue weighted by Crippen LogP contribution is -1.96. The molecule has 0 aliphatic carbocycles. The van der Waals surface area contributed by atoms with Crippen LogP contribution in [0.25, 0.3) is 5.70 Å². The van der Waals surface area contributed by atoms with Crippen molar-refractivity contribution < 1.29 is 0 Å². The Bertz CT molecular complexity index is 333. The van der Waals surface area contributed by atoms with Gasteiger partial charge in [-0.25, -0.2) is 0 Å². The van der Waals surface area contributed by atoms with Crippen molar-refractivity contribution in [3.8, 4) is 0 Å². The maximum Gasteiger partial charge on any atom is 0.0767 e. The van der Waals surface area contributed by atoms with Gasteiger partial charge in [-0.1, -0.05) is 13.0 Å². The van der Waals surface area contributed by atoms with Crippen LogP contribution in [0, 0.1) is 5.92 Å². The van der Waals surface area contributed by atoms with Gasteiger partial charge >= 0.3 is 0 Å². The first-order valence-corrected chi connectivity index (χ1v) is 4.96. The van der Waals surface area contributed by atoms with E-state index in [1.54, 1.807) is 11.3 Å². The molecule has 1 aromatic heterocycles. The van der Waals surface area contributed by atoms with Crippen LogP contribution in [0.1, 0.15) is 18.7 Å². The number of allylic oxidation sites excluding steroid dienone is 1. The van der Waals surface area contributed by atoms with Crippen molar-refractivity contribution in [2.75, 3.05) is 0 Å². The number of hydrogen-bond acceptors (Lipinski definition) is 2. The summed E-state index contributed by atoms with van der Waals surface area (Å²) in [6, 6.07) is 4.18. The third-order valence-corrected chi connectivity index (χ3v) is 3.03. The third kappa shape index (κ3) is 1.23. The average Bonchev–Trinajstić information content (AvgIpc) is 2.61. The zero-order valence-electron chi connectivity index (χ0n) is 7.24. The lowest BCUT2D eigenvalue weighted by atomic mass is 10.1. The summed E-state index contributed by atoms with van der Waals surface area (Å²) in [5.41, 5.74) is 2.37. The topological polar surface area (TPSA) is 12.4 Å². The van der Waals surface area contributed by atoms with E-state index in [1.807, 2.05) is 0 Å². The average molecular weight is 177 g/mol. The highest BCUT2D eigenvalue weighted by molar-refractivity contribution is 7.11. The van der Waals surface area contributed by atoms with Crippen LogP contribution in [-0.4, -0.2) is 5.71 Å². The second-order valence-corrected chi connectivity index (χ2v) is 4.02. The van der Waals surface area contributed by atoms with Gasteiger partial charge in [-0.05, 0) is 24.4 Å². The Hall–Kier alpha value is -0.890. The first-order valence-electron chi connectivity index (χ1n) is 4.08. The smallest absolute Gasteiger partial charge is 0.0767 e. The van der Waals surface area contributed by atoms with E-state index in [4.69, 9.17) is 0 Å². The summed E-state index contributed by atoms with van der Waals surface area (Å²) in [7, 11) is 0. The fourth-order valence-corrected chi connectivity index (χ4v) is 1.94. The van der Waals surface area contributed by atoms with Crippen molar-refractivity contribution in [1.29, 1.82) is 0 Å². The van der Waals surface area contributed by atoms with Crippen molar-refractivity contribution in [2.45, 2.75) is 13.8 Å². The highest BCUT2D eigenvalue weighted by Gasteiger charge is 2.13. The van der Waals surface area contributed by atoms with Gasteiger partial charge in [0.25, 0.3) is 0 Å². The van der Waals surface area contributed by atoms with Crippen LogP contribution in [0.3, 0.4) is 0 Å². The number of hydrogen-bond donors (Lipinski definition) is 0. The molecule has 1 aliphatic heterocycles. The van der Waals surface area contributed by atoms with E-state index < -0.39 is 0 Å². The molecule has 1 aliphatic rings. The van der Waals surface area contributed by atoms with Crippen LogP contribution < -0.4 is 0 Å². The van der Waals surface area contributed by atoms with E-state index >= 15 is 0 Å². The van der Waals surface area contributed by atoms with E-state index in [2.05, 4.69) is 42.4 Å². The van der Waals surface area contributed by atoms with Crippen LogP contribution in [0.5, 0.6) is 0 Å². The number of rotatable bonds is 1. The molecule has 1 unspecified atom stereocenters. The summed E-state index contributed by atoms with van der Waals surface area (Å²) in [4.78, 5) is 5.78. The molecule has 2 heteroatoms. The van der Waals surface area contributed by atoms with Gasteiger partial charge in [-0.3, -0.25) is 4.99 Å². The van der Waals surface area contributed by atoms with Crippen molar-refractivity contribution >= 4 is 22.7 Å². The van der Waals surface area contributed by atoms with E-state index in [0.29, 0.717) is 5.92 Å². The molecule has 0 saturated heterocycles. The molecule has 1 nitrogen and oxygen atoms in total. The highest BCUT2D eigenvalue weighted by atomic mass is 32.1. The van der Waals surface area contributed by atoms with Gasteiger partial charge in [-0.2, -0.15) is 0 Å². The second-order valence-electron chi connectivity index (χ2n) is 3.07. The molecule has 0 amide bonds. The van der Waals surface area contributed by atoms with E-state index in [-0.39, 0.29) is 0 Å². The van der Waals surface area contributed by atoms with Crippen molar-refractivity contribution in [3.05, 3.63) is 28.5 Å². The minimum atomic E-state index is 0.516. The van der Waals surface area contributed by atoms with Gasteiger partial charge in [0, 0.05) is 11.6 Å². The molecule has 0 N–H and O–H groups in total. The van der Waals surface area contributed by atoms with Crippen molar-refractivity contribution in [1.82, 2.24) is 0 Å². The maximum atomic E-state index is 4.50. The molecule has 1 atom stereocenters. The maximum absolute atomic E-state index is 4.50. The molecule has 62 valence electrons. The van der Waals surface area contributed by atoms with E-state index in [9.17, 15) is 0 Å². The molecule has 12 heavy (non-hydrogen) atoms. The van der Waals surface area contributed by atoms with Gasteiger partial charge in [0.1, 0.15) is 0 Å². The molecule has 2 heterocycles. The predicted molar refractivity (Wildman–Crippen MR) is 54.6 cm³/mol. The van der Waals surface area contributed by atoms with Gasteiger partial charge in [0.15, 0.2) is 0 Å². The summed E-state index contributed by atoms with van der Waals surface area (Å²) < 4.78 is 0. The monoisotopic (exact) mass is 177 g/mol. The number of aliphatic imine (C=N–C) groups is 1. The Balaban J connectivity index is 2.34. The molecular formula is C10H11NS. The van der Waals surface area contributed by atoms with Gasteiger partial charge in [-0.15, -0.1) is 11.3 Å². The lowest BCUT2D eigenvalue weighted by molar-refractivity contribution is 1.02. The van der Waals surface area contributed by atoms with Crippen molar-refractivity contribution in [2.24, 2.45) is 10.9 Å². The SMILES string of the molecule is CC1=NC(c2cccs2)=CC1C. The summed E-state index contributed by atoms with van der Waals surface area (Å²) in [5.74, 6) is 0.516. The molecule has 1 aromatic rings. The summed E-state index contributed by atoms with van der Waals surface area (Å²) >= 11 is 1.75. The molecule has 0 radical (unpaired) electrons. The summed E-state index contributed by atoms with van der Waals surface area (Å²) in [6.45, 7) is 4.27. The second kappa shape index (κ2) is 2.87. The normalized spacial score (nSPS) is 22.3. The molecule has 0 aromatic carbocycles. The first kappa shape index (κ1) is 7.74. The lowest BCUT2D eigenvalue weighted by Gasteiger charge is -1.93. The zero-order valence-corrected chi connectivity index (χ0v) is 8.06. The van der Waals surface area contributed by atoms with Gasteiger partial charge < -0.3 is 0 Å². The minimum absolute atomic E-state index is 0.516. The molecular weight excluding hydrogens is 166 g/mol. The van der Waals surface area contributed by atoms with E-state index in [1.165, 1.54) is 10.6 Å². The standard InChI is InChI=1S/C10H11NS/c1-7-6-9(11-8(7)2)10-4-3-5-12-10/h3-7H,1-2H3. The first-order chi connectivity index (χ1) is 5.77. The van der Waals surface area contributed by atoms with Gasteiger partial charge in [0.2, 0.25) is 0 Å². The largest absolute Gasteiger partial charge is 0.256 e. The number of nitrogens with zero attached hydrogens (tertiary/aromatic N) is 1. The van der Waals surface area contributed by atoms with Crippen LogP contribution >= 0.6 is 11.3 Å². The predicted octanol–water partition coefficient (Wildman–Crippen LogP) is 3.20. The fourth-order valence-electron chi connectivity index (χ4n) is 1.25. The van der Waals surface area contributed by atoms with Crippen LogP contribution in [0.4, 0.5) is 0 Å². The Morgan fingerprint density at radius 1 is 1.50 bits per heavy atom. The quantitative estimate of drug-likeness (QED) is 0.624. The van der Waals surface area contributed by atoms with Crippen molar-refractivity contribution in [3.63, 3.8) is 0 Å². The molecule has 0 spiro atoms. The van der Waals surface area contributed by atoms with Gasteiger partial charge in [0.05, 0.1) is 10.6 Å². The zero-order chi connectivity index (χ0) is 8.55. The Kier molecular flexibility index (Phi) is 1.85. The highest BCUT2D eigenvalue weighted by Crippen LogP contribution is 2.28. The third-order valence-electron chi connectivity index (χ3n) is 2.14. The Morgan fingerprint density at radius 2 is 2.33 bits per heavy atom. The molecule has 0 bridgehead atoms. The van der Waals surface area contributed by atoms with Crippen LogP contribution in [0.2, 0.25) is 0 Å². The molecule has 0 saturated carbocycles. The summed E-state index contributed by atoms with van der Waals surface area (Å²) in [5, 5.41) is 2.09. The van der Waals surface area contributed by atoms with Crippen LogP contribution in [0.15, 0.2) is 28.6 Å².